The maximum absolute atomic E-state index is 14.2. The molecule has 1 aromatic carbocycles. The highest BCUT2D eigenvalue weighted by molar-refractivity contribution is 7.14. The Kier molecular flexibility index (Phi) is 8.99. The number of hydrogen-bond donors (Lipinski definition) is 1. The van der Waals surface area contributed by atoms with Gasteiger partial charge in [0.2, 0.25) is 0 Å². The zero-order valence-electron chi connectivity index (χ0n) is 21.1. The summed E-state index contributed by atoms with van der Waals surface area (Å²) in [5.41, 5.74) is 0.566. The van der Waals surface area contributed by atoms with Crippen LogP contribution in [-0.4, -0.2) is 57.7 Å². The highest BCUT2D eigenvalue weighted by Crippen LogP contribution is 2.64. The summed E-state index contributed by atoms with van der Waals surface area (Å²) in [6.45, 7) is 5.52. The van der Waals surface area contributed by atoms with Crippen LogP contribution < -0.4 is 5.32 Å². The first-order valence-corrected chi connectivity index (χ1v) is 12.2. The predicted molar refractivity (Wildman–Crippen MR) is 120 cm³/mol. The molecule has 1 aromatic heterocycles. The van der Waals surface area contributed by atoms with E-state index in [-0.39, 0.29) is 28.0 Å². The van der Waals surface area contributed by atoms with E-state index in [4.69, 9.17) is 0 Å². The van der Waals surface area contributed by atoms with Gasteiger partial charge in [-0.05, 0) is 22.6 Å². The predicted octanol–water partition coefficient (Wildman–Crippen LogP) is 9.32. The van der Waals surface area contributed by atoms with Crippen LogP contribution in [0.2, 0.25) is 0 Å². The number of anilines is 1. The smallest absolute Gasteiger partial charge is 0.296 e. The molecule has 0 aliphatic heterocycles. The lowest BCUT2D eigenvalue weighted by molar-refractivity contribution is -0.445. The number of benzene rings is 1. The van der Waals surface area contributed by atoms with Crippen LogP contribution in [0.15, 0.2) is 29.6 Å². The van der Waals surface area contributed by atoms with E-state index in [9.17, 15) is 75.0 Å². The molecular formula is C22H15ClF16N2OS. The molecule has 2 rings (SSSR count). The number of nitrogens with one attached hydrogen (secondary N) is 1. The number of carbonyl (C=O) groups excluding carboxylic acids is 1. The van der Waals surface area contributed by atoms with Gasteiger partial charge < -0.3 is 0 Å². The molecule has 0 saturated heterocycles. The molecule has 43 heavy (non-hydrogen) atoms. The second-order valence-electron chi connectivity index (χ2n) is 9.84. The van der Waals surface area contributed by atoms with Gasteiger partial charge in [-0.15, -0.1) is 11.3 Å². The summed E-state index contributed by atoms with van der Waals surface area (Å²) in [6.07, 6.45) is 0. The van der Waals surface area contributed by atoms with Gasteiger partial charge in [0.15, 0.2) is 5.13 Å². The van der Waals surface area contributed by atoms with Crippen LogP contribution in [0.1, 0.15) is 26.3 Å². The number of amides is 1. The lowest BCUT2D eigenvalue weighted by Crippen LogP contribution is -2.75. The summed E-state index contributed by atoms with van der Waals surface area (Å²) in [7, 11) is 0. The minimum absolute atomic E-state index is 0.133. The summed E-state index contributed by atoms with van der Waals surface area (Å²) in [5.74, 6) is -60.8. The van der Waals surface area contributed by atoms with Crippen molar-refractivity contribution >= 4 is 34.0 Å². The van der Waals surface area contributed by atoms with Gasteiger partial charge >= 0.3 is 52.7 Å². The zero-order valence-corrected chi connectivity index (χ0v) is 22.6. The molecule has 1 heterocycles. The number of halogens is 17. The number of alkyl halides is 17. The maximum Gasteiger partial charge on any atom is 0.393 e. The molecule has 0 spiro atoms. The van der Waals surface area contributed by atoms with E-state index in [2.05, 4.69) is 16.6 Å². The van der Waals surface area contributed by atoms with Gasteiger partial charge in [-0.1, -0.05) is 45.0 Å². The van der Waals surface area contributed by atoms with Crippen molar-refractivity contribution in [1.29, 1.82) is 0 Å². The van der Waals surface area contributed by atoms with Crippen molar-refractivity contribution in [3.8, 4) is 11.3 Å². The van der Waals surface area contributed by atoms with E-state index in [1.165, 1.54) is 12.1 Å². The van der Waals surface area contributed by atoms with E-state index >= 15 is 0 Å². The minimum atomic E-state index is -8.66. The average Bonchev–Trinajstić information content (AvgIpc) is 3.30. The largest absolute Gasteiger partial charge is 0.393 e. The maximum atomic E-state index is 14.2. The Labute approximate surface area is 239 Å². The molecule has 0 bridgehead atoms. The quantitative estimate of drug-likeness (QED) is 0.199. The standard InChI is InChI=1S/C22H15ClF16N2OS/c1-14(2,3)10-6-4-9(5-7-10)11-8-43-13(40-11)41-12(42)15(24,25)16(26,27)17(28,29)18(30,31)19(32,33)20(34,35)21(36,37)22(23,38)39/h4-8H,1-3H3,(H,40,41,42). The second kappa shape index (κ2) is 10.5. The van der Waals surface area contributed by atoms with Crippen LogP contribution in [0.4, 0.5) is 75.4 Å². The number of carbonyl (C=O) groups is 1. The van der Waals surface area contributed by atoms with Crippen LogP contribution in [0.5, 0.6) is 0 Å². The van der Waals surface area contributed by atoms with Gasteiger partial charge in [-0.25, -0.2) is 4.98 Å². The molecule has 0 radical (unpaired) electrons. The molecule has 0 unspecified atom stereocenters. The number of nitrogens with zero attached hydrogens (tertiary/aromatic N) is 1. The molecule has 0 aliphatic rings. The Bertz CT molecular complexity index is 1330. The minimum Gasteiger partial charge on any atom is -0.296 e. The van der Waals surface area contributed by atoms with Crippen molar-refractivity contribution in [1.82, 2.24) is 4.98 Å². The van der Waals surface area contributed by atoms with E-state index in [1.54, 1.807) is 12.1 Å². The van der Waals surface area contributed by atoms with E-state index in [0.29, 0.717) is 0 Å². The molecule has 0 atom stereocenters. The highest BCUT2D eigenvalue weighted by atomic mass is 35.5. The van der Waals surface area contributed by atoms with Crippen molar-refractivity contribution in [3.63, 3.8) is 0 Å². The van der Waals surface area contributed by atoms with Crippen LogP contribution in [0.3, 0.4) is 0 Å². The number of aromatic nitrogens is 1. The molecule has 2 aromatic rings. The summed E-state index contributed by atoms with van der Waals surface area (Å²) in [4.78, 5) is 15.3. The average molecular weight is 695 g/mol. The Balaban J connectivity index is 2.43. The monoisotopic (exact) mass is 694 g/mol. The fourth-order valence-electron chi connectivity index (χ4n) is 3.09. The molecule has 0 fully saturated rings. The van der Waals surface area contributed by atoms with Crippen molar-refractivity contribution in [2.45, 2.75) is 73.0 Å². The molecule has 3 nitrogen and oxygen atoms in total. The molecule has 244 valence electrons. The SMILES string of the molecule is CC(C)(C)c1ccc(-c2csc(NC(=O)C(F)(F)C(F)(F)C(F)(F)C(F)(F)C(F)(F)C(F)(F)C(F)(F)C(F)(F)Cl)n2)cc1. The van der Waals surface area contributed by atoms with Gasteiger partial charge in [0.05, 0.1) is 5.69 Å². The molecule has 1 N–H and O–H groups in total. The third-order valence-corrected chi connectivity index (χ3v) is 6.77. The number of rotatable bonds is 10. The summed E-state index contributed by atoms with van der Waals surface area (Å²) >= 11 is 3.66. The Hall–Kier alpha value is -2.51. The van der Waals surface area contributed by atoms with Gasteiger partial charge in [-0.2, -0.15) is 70.2 Å². The van der Waals surface area contributed by atoms with Crippen molar-refractivity contribution in [2.75, 3.05) is 5.32 Å². The third kappa shape index (κ3) is 5.61. The van der Waals surface area contributed by atoms with Crippen molar-refractivity contribution < 1.29 is 75.0 Å². The van der Waals surface area contributed by atoms with Crippen molar-refractivity contribution in [3.05, 3.63) is 35.2 Å². The van der Waals surface area contributed by atoms with Crippen LogP contribution >= 0.6 is 22.9 Å². The summed E-state index contributed by atoms with van der Waals surface area (Å²) < 4.78 is 218. The first-order valence-electron chi connectivity index (χ1n) is 10.9. The van der Waals surface area contributed by atoms with Crippen LogP contribution in [0.25, 0.3) is 11.3 Å². The molecule has 21 heteroatoms. The summed E-state index contributed by atoms with van der Waals surface area (Å²) in [6, 6.07) is 6.05. The molecule has 0 aliphatic carbocycles. The first kappa shape index (κ1) is 36.7. The highest BCUT2D eigenvalue weighted by Gasteiger charge is 2.95. The molecular weight excluding hydrogens is 680 g/mol. The van der Waals surface area contributed by atoms with E-state index in [1.807, 2.05) is 20.8 Å². The molecule has 0 saturated carbocycles. The number of hydrogen-bond acceptors (Lipinski definition) is 3. The second-order valence-corrected chi connectivity index (χ2v) is 11.2. The van der Waals surface area contributed by atoms with Gasteiger partial charge in [-0.3, -0.25) is 10.1 Å². The third-order valence-electron chi connectivity index (χ3n) is 5.78. The van der Waals surface area contributed by atoms with E-state index in [0.717, 1.165) is 16.3 Å². The topological polar surface area (TPSA) is 42.0 Å². The number of thiazole rings is 1. The van der Waals surface area contributed by atoms with Gasteiger partial charge in [0.1, 0.15) is 0 Å². The van der Waals surface area contributed by atoms with Crippen molar-refractivity contribution in [2.24, 2.45) is 0 Å². The molecule has 1 amide bonds. The lowest BCUT2D eigenvalue weighted by Gasteiger charge is -2.42. The fraction of sp³-hybridized carbons (Fsp3) is 0.545. The van der Waals surface area contributed by atoms with Crippen LogP contribution in [-0.2, 0) is 10.2 Å². The Morgan fingerprint density at radius 1 is 0.674 bits per heavy atom. The Morgan fingerprint density at radius 2 is 1.07 bits per heavy atom. The van der Waals surface area contributed by atoms with Crippen LogP contribution in [0, 0.1) is 0 Å². The Morgan fingerprint density at radius 3 is 1.47 bits per heavy atom. The zero-order chi connectivity index (χ0) is 34.0. The fourth-order valence-corrected chi connectivity index (χ4v) is 3.92. The lowest BCUT2D eigenvalue weighted by atomic mass is 9.86. The summed E-state index contributed by atoms with van der Waals surface area (Å²) in [5, 5.41) is -6.09. The van der Waals surface area contributed by atoms with E-state index < -0.39 is 57.9 Å². The first-order chi connectivity index (χ1) is 18.8. The van der Waals surface area contributed by atoms with Gasteiger partial charge in [0, 0.05) is 10.9 Å². The van der Waals surface area contributed by atoms with Gasteiger partial charge in [0.25, 0.3) is 0 Å². The normalized spacial score (nSPS) is 15.1.